The zero-order valence-corrected chi connectivity index (χ0v) is 12.8. The molecule has 1 rings (SSSR count). The molecule has 1 aromatic rings. The minimum Gasteiger partial charge on any atom is -0.354 e. The second-order valence-electron chi connectivity index (χ2n) is 5.56. The molecule has 0 spiro atoms. The molecular formula is C14H27N5. The van der Waals surface area contributed by atoms with Crippen LogP contribution >= 0.6 is 0 Å². The maximum Gasteiger partial charge on any atom is 0.151 e. The van der Waals surface area contributed by atoms with Crippen LogP contribution in [0.4, 0.5) is 5.82 Å². The average Bonchev–Trinajstić information content (AvgIpc) is 2.35. The highest BCUT2D eigenvalue weighted by atomic mass is 15.3. The summed E-state index contributed by atoms with van der Waals surface area (Å²) in [6, 6.07) is 4.11. The van der Waals surface area contributed by atoms with Gasteiger partial charge in [0.15, 0.2) is 5.82 Å². The van der Waals surface area contributed by atoms with Crippen molar-refractivity contribution in [1.82, 2.24) is 20.4 Å². The van der Waals surface area contributed by atoms with Crippen LogP contribution in [0.5, 0.6) is 0 Å². The Bertz CT molecular complexity index is 347. The monoisotopic (exact) mass is 265 g/mol. The number of nitrogens with one attached hydrogen (secondary N) is 1. The van der Waals surface area contributed by atoms with Crippen molar-refractivity contribution in [3.05, 3.63) is 17.8 Å². The van der Waals surface area contributed by atoms with Crippen molar-refractivity contribution in [2.75, 3.05) is 45.7 Å². The number of likely N-dealkylation sites (N-methyl/N-ethyl adjacent to an activating group) is 1. The first-order valence-corrected chi connectivity index (χ1v) is 6.89. The molecule has 0 amide bonds. The fourth-order valence-corrected chi connectivity index (χ4v) is 1.86. The first-order valence-electron chi connectivity index (χ1n) is 6.89. The lowest BCUT2D eigenvalue weighted by atomic mass is 10.2. The van der Waals surface area contributed by atoms with Gasteiger partial charge in [0.2, 0.25) is 0 Å². The van der Waals surface area contributed by atoms with Crippen molar-refractivity contribution < 1.29 is 0 Å². The van der Waals surface area contributed by atoms with Gasteiger partial charge in [-0.2, -0.15) is 5.10 Å². The molecule has 0 bridgehead atoms. The number of hydrogen-bond acceptors (Lipinski definition) is 5. The van der Waals surface area contributed by atoms with Crippen molar-refractivity contribution in [3.63, 3.8) is 0 Å². The van der Waals surface area contributed by atoms with Gasteiger partial charge in [0.05, 0.1) is 5.69 Å². The molecule has 0 saturated heterocycles. The molecular weight excluding hydrogens is 238 g/mol. The molecule has 5 heteroatoms. The highest BCUT2D eigenvalue weighted by Crippen LogP contribution is 2.12. The summed E-state index contributed by atoms with van der Waals surface area (Å²) in [6.07, 6.45) is 0. The van der Waals surface area contributed by atoms with Gasteiger partial charge in [0.1, 0.15) is 0 Å². The second-order valence-corrected chi connectivity index (χ2v) is 5.56. The molecule has 0 aromatic carbocycles. The molecule has 1 N–H and O–H groups in total. The van der Waals surface area contributed by atoms with Crippen molar-refractivity contribution in [3.8, 4) is 0 Å². The van der Waals surface area contributed by atoms with Gasteiger partial charge in [-0.15, -0.1) is 5.10 Å². The van der Waals surface area contributed by atoms with E-state index in [0.717, 1.165) is 37.7 Å². The van der Waals surface area contributed by atoms with Crippen LogP contribution < -0.4 is 10.2 Å². The summed E-state index contributed by atoms with van der Waals surface area (Å²) >= 11 is 0. The van der Waals surface area contributed by atoms with E-state index in [1.165, 1.54) is 0 Å². The summed E-state index contributed by atoms with van der Waals surface area (Å²) in [7, 11) is 6.10. The standard InChI is InChI=1S/C14H27N5/c1-12(2)11-19(9-8-18(4)5)14-7-6-13(10-15-3)16-17-14/h6-7,12,15H,8-11H2,1-5H3. The highest BCUT2D eigenvalue weighted by Gasteiger charge is 2.11. The van der Waals surface area contributed by atoms with Crippen LogP contribution in [0.2, 0.25) is 0 Å². The normalized spacial score (nSPS) is 11.3. The Morgan fingerprint density at radius 3 is 2.37 bits per heavy atom. The molecule has 0 aliphatic heterocycles. The van der Waals surface area contributed by atoms with Gasteiger partial charge in [-0.25, -0.2) is 0 Å². The number of anilines is 1. The van der Waals surface area contributed by atoms with Crippen LogP contribution in [0.1, 0.15) is 19.5 Å². The molecule has 1 heterocycles. The van der Waals surface area contributed by atoms with Crippen molar-refractivity contribution in [2.45, 2.75) is 20.4 Å². The van der Waals surface area contributed by atoms with Gasteiger partial charge in [0.25, 0.3) is 0 Å². The van der Waals surface area contributed by atoms with E-state index in [0.29, 0.717) is 5.92 Å². The lowest BCUT2D eigenvalue weighted by molar-refractivity contribution is 0.408. The van der Waals surface area contributed by atoms with Gasteiger partial charge in [-0.1, -0.05) is 13.8 Å². The van der Waals surface area contributed by atoms with E-state index in [-0.39, 0.29) is 0 Å². The average molecular weight is 265 g/mol. The van der Waals surface area contributed by atoms with Gasteiger partial charge < -0.3 is 15.1 Å². The number of rotatable bonds is 8. The van der Waals surface area contributed by atoms with E-state index in [9.17, 15) is 0 Å². The van der Waals surface area contributed by atoms with Crippen LogP contribution in [0, 0.1) is 5.92 Å². The van der Waals surface area contributed by atoms with E-state index in [1.807, 2.05) is 13.1 Å². The van der Waals surface area contributed by atoms with Gasteiger partial charge in [-0.05, 0) is 39.2 Å². The fraction of sp³-hybridized carbons (Fsp3) is 0.714. The molecule has 0 aliphatic carbocycles. The number of hydrogen-bond donors (Lipinski definition) is 1. The first kappa shape index (κ1) is 15.9. The quantitative estimate of drug-likeness (QED) is 0.765. The summed E-state index contributed by atoms with van der Waals surface area (Å²) in [4.78, 5) is 4.50. The fourth-order valence-electron chi connectivity index (χ4n) is 1.86. The molecule has 108 valence electrons. The Morgan fingerprint density at radius 2 is 1.89 bits per heavy atom. The smallest absolute Gasteiger partial charge is 0.151 e. The summed E-state index contributed by atoms with van der Waals surface area (Å²) in [5, 5.41) is 11.7. The van der Waals surface area contributed by atoms with E-state index in [2.05, 4.69) is 59.3 Å². The zero-order valence-electron chi connectivity index (χ0n) is 12.8. The minimum atomic E-state index is 0.612. The van der Waals surface area contributed by atoms with E-state index < -0.39 is 0 Å². The molecule has 0 radical (unpaired) electrons. The van der Waals surface area contributed by atoms with Gasteiger partial charge in [0, 0.05) is 26.2 Å². The van der Waals surface area contributed by atoms with Crippen LogP contribution in [0.25, 0.3) is 0 Å². The predicted octanol–water partition coefficient (Wildman–Crippen LogP) is 1.22. The zero-order chi connectivity index (χ0) is 14.3. The summed E-state index contributed by atoms with van der Waals surface area (Å²) in [5.74, 6) is 1.58. The maximum atomic E-state index is 4.35. The van der Waals surface area contributed by atoms with E-state index in [4.69, 9.17) is 0 Å². The Labute approximate surface area is 117 Å². The van der Waals surface area contributed by atoms with Crippen molar-refractivity contribution in [1.29, 1.82) is 0 Å². The molecule has 0 aliphatic rings. The maximum absolute atomic E-state index is 4.35. The lowest BCUT2D eigenvalue weighted by Crippen LogP contribution is -2.35. The SMILES string of the molecule is CNCc1ccc(N(CCN(C)C)CC(C)C)nn1. The topological polar surface area (TPSA) is 44.3 Å². The minimum absolute atomic E-state index is 0.612. The van der Waals surface area contributed by atoms with Crippen LogP contribution in [0.15, 0.2) is 12.1 Å². The van der Waals surface area contributed by atoms with E-state index in [1.54, 1.807) is 0 Å². The molecule has 1 aromatic heterocycles. The largest absolute Gasteiger partial charge is 0.354 e. The Hall–Kier alpha value is -1.20. The summed E-state index contributed by atoms with van der Waals surface area (Å²) in [6.45, 7) is 8.22. The van der Waals surface area contributed by atoms with Crippen molar-refractivity contribution in [2.24, 2.45) is 5.92 Å². The van der Waals surface area contributed by atoms with Crippen LogP contribution in [-0.4, -0.2) is 55.9 Å². The Kier molecular flexibility index (Phi) is 6.73. The number of aromatic nitrogens is 2. The molecule has 0 saturated carbocycles. The van der Waals surface area contributed by atoms with Crippen LogP contribution in [0.3, 0.4) is 0 Å². The Morgan fingerprint density at radius 1 is 1.16 bits per heavy atom. The van der Waals surface area contributed by atoms with E-state index >= 15 is 0 Å². The summed E-state index contributed by atoms with van der Waals surface area (Å²) in [5.41, 5.74) is 0.975. The predicted molar refractivity (Wildman–Crippen MR) is 80.4 cm³/mol. The molecule has 19 heavy (non-hydrogen) atoms. The molecule has 0 fully saturated rings. The summed E-state index contributed by atoms with van der Waals surface area (Å²) < 4.78 is 0. The first-order chi connectivity index (χ1) is 9.02. The third-order valence-corrected chi connectivity index (χ3v) is 2.79. The number of nitrogens with zero attached hydrogens (tertiary/aromatic N) is 4. The van der Waals surface area contributed by atoms with Crippen molar-refractivity contribution >= 4 is 5.82 Å². The molecule has 0 unspecified atom stereocenters. The molecule has 5 nitrogen and oxygen atoms in total. The second kappa shape index (κ2) is 8.07. The Balaban J connectivity index is 2.72. The lowest BCUT2D eigenvalue weighted by Gasteiger charge is -2.26. The molecule has 0 atom stereocenters. The third kappa shape index (κ3) is 5.98. The van der Waals surface area contributed by atoms with Crippen LogP contribution in [-0.2, 0) is 6.54 Å². The highest BCUT2D eigenvalue weighted by molar-refractivity contribution is 5.37. The van der Waals surface area contributed by atoms with Gasteiger partial charge >= 0.3 is 0 Å². The third-order valence-electron chi connectivity index (χ3n) is 2.79. The van der Waals surface area contributed by atoms with Gasteiger partial charge in [-0.3, -0.25) is 0 Å².